The number of aromatic carboxylic acids is 1. The SMILES string of the molecule is O=C(O)c1cc(C(=O)N2CC3CC4CC(C3)CC2C4)ccn1. The Kier molecular flexibility index (Phi) is 3.17. The Labute approximate surface area is 129 Å². The third-order valence-electron chi connectivity index (χ3n) is 5.59. The smallest absolute Gasteiger partial charge is 0.354 e. The molecule has 0 spiro atoms. The Morgan fingerprint density at radius 3 is 2.45 bits per heavy atom. The zero-order chi connectivity index (χ0) is 15.3. The van der Waals surface area contributed by atoms with Crippen LogP contribution in [0, 0.1) is 17.8 Å². The lowest BCUT2D eigenvalue weighted by atomic mass is 9.68. The lowest BCUT2D eigenvalue weighted by Crippen LogP contribution is -2.42. The van der Waals surface area contributed by atoms with Crippen molar-refractivity contribution in [1.29, 1.82) is 0 Å². The molecule has 0 radical (unpaired) electrons. The first-order valence-corrected chi connectivity index (χ1v) is 8.10. The maximum atomic E-state index is 12.9. The average molecular weight is 300 g/mol. The summed E-state index contributed by atoms with van der Waals surface area (Å²) in [6.07, 6.45) is 7.51. The van der Waals surface area contributed by atoms with Gasteiger partial charge in [0.25, 0.3) is 5.91 Å². The van der Waals surface area contributed by atoms with Crippen LogP contribution in [0.25, 0.3) is 0 Å². The minimum absolute atomic E-state index is 0.0249. The van der Waals surface area contributed by atoms with E-state index in [4.69, 9.17) is 5.11 Å². The van der Waals surface area contributed by atoms with Crippen molar-refractivity contribution >= 4 is 11.9 Å². The van der Waals surface area contributed by atoms with E-state index >= 15 is 0 Å². The van der Waals surface area contributed by atoms with Crippen LogP contribution in [-0.2, 0) is 0 Å². The first-order valence-electron chi connectivity index (χ1n) is 8.10. The quantitative estimate of drug-likeness (QED) is 0.910. The molecule has 2 unspecified atom stereocenters. The number of nitrogens with zero attached hydrogens (tertiary/aromatic N) is 2. The normalized spacial score (nSPS) is 32.8. The molecule has 4 aliphatic rings. The van der Waals surface area contributed by atoms with E-state index in [0.29, 0.717) is 17.5 Å². The van der Waals surface area contributed by atoms with Crippen molar-refractivity contribution in [3.8, 4) is 0 Å². The lowest BCUT2D eigenvalue weighted by Gasteiger charge is -2.39. The van der Waals surface area contributed by atoms with Crippen LogP contribution in [0.5, 0.6) is 0 Å². The molecule has 0 aromatic carbocycles. The number of hydrogen-bond acceptors (Lipinski definition) is 3. The average Bonchev–Trinajstić information content (AvgIpc) is 2.70. The summed E-state index contributed by atoms with van der Waals surface area (Å²) >= 11 is 0. The number of rotatable bonds is 2. The van der Waals surface area contributed by atoms with Crippen LogP contribution in [0.1, 0.15) is 53.0 Å². The summed E-state index contributed by atoms with van der Waals surface area (Å²) < 4.78 is 0. The molecular formula is C17H20N2O3. The predicted molar refractivity (Wildman–Crippen MR) is 79.6 cm³/mol. The number of carboxylic acid groups (broad SMARTS) is 1. The first kappa shape index (κ1) is 13.7. The van der Waals surface area contributed by atoms with Crippen molar-refractivity contribution in [2.45, 2.75) is 38.1 Å². The van der Waals surface area contributed by atoms with Gasteiger partial charge in [0.05, 0.1) is 0 Å². The fraction of sp³-hybridized carbons (Fsp3) is 0.588. The van der Waals surface area contributed by atoms with E-state index in [1.54, 1.807) is 6.07 Å². The molecule has 2 aliphatic heterocycles. The van der Waals surface area contributed by atoms with Gasteiger partial charge in [-0.3, -0.25) is 4.79 Å². The van der Waals surface area contributed by atoms with Gasteiger partial charge in [-0.2, -0.15) is 0 Å². The molecule has 1 aromatic heterocycles. The van der Waals surface area contributed by atoms with Gasteiger partial charge in [-0.15, -0.1) is 0 Å². The molecule has 22 heavy (non-hydrogen) atoms. The van der Waals surface area contributed by atoms with Crippen LogP contribution in [0.2, 0.25) is 0 Å². The van der Waals surface area contributed by atoms with Gasteiger partial charge in [0.15, 0.2) is 0 Å². The van der Waals surface area contributed by atoms with Crippen LogP contribution in [0.15, 0.2) is 18.3 Å². The van der Waals surface area contributed by atoms with E-state index in [9.17, 15) is 9.59 Å². The van der Waals surface area contributed by atoms with E-state index in [2.05, 4.69) is 4.98 Å². The summed E-state index contributed by atoms with van der Waals surface area (Å²) in [7, 11) is 0. The van der Waals surface area contributed by atoms with E-state index in [-0.39, 0.29) is 11.6 Å². The summed E-state index contributed by atoms with van der Waals surface area (Å²) in [5.74, 6) is 1.08. The topological polar surface area (TPSA) is 70.5 Å². The largest absolute Gasteiger partial charge is 0.477 e. The van der Waals surface area contributed by atoms with Crippen LogP contribution in [0.4, 0.5) is 0 Å². The Hall–Kier alpha value is -1.91. The Morgan fingerprint density at radius 2 is 1.77 bits per heavy atom. The zero-order valence-corrected chi connectivity index (χ0v) is 12.4. The highest BCUT2D eigenvalue weighted by Crippen LogP contribution is 2.47. The zero-order valence-electron chi connectivity index (χ0n) is 12.4. The highest BCUT2D eigenvalue weighted by atomic mass is 16.4. The predicted octanol–water partition coefficient (Wildman–Crippen LogP) is 2.43. The van der Waals surface area contributed by atoms with Gasteiger partial charge in [-0.05, 0) is 62.0 Å². The molecule has 4 bridgehead atoms. The molecule has 1 aromatic rings. The summed E-state index contributed by atoms with van der Waals surface area (Å²) in [4.78, 5) is 29.8. The van der Waals surface area contributed by atoms with E-state index in [1.807, 2.05) is 4.90 Å². The van der Waals surface area contributed by atoms with Crippen LogP contribution >= 0.6 is 0 Å². The first-order chi connectivity index (χ1) is 10.6. The minimum atomic E-state index is -1.09. The highest BCUT2D eigenvalue weighted by molar-refractivity contribution is 5.96. The molecule has 3 heterocycles. The molecule has 5 rings (SSSR count). The molecule has 2 aliphatic carbocycles. The van der Waals surface area contributed by atoms with Crippen LogP contribution in [0.3, 0.4) is 0 Å². The second-order valence-corrected chi connectivity index (χ2v) is 7.12. The van der Waals surface area contributed by atoms with Gasteiger partial charge >= 0.3 is 5.97 Å². The molecular weight excluding hydrogens is 280 g/mol. The maximum Gasteiger partial charge on any atom is 0.354 e. The van der Waals surface area contributed by atoms with Gasteiger partial charge in [-0.1, -0.05) is 0 Å². The third-order valence-corrected chi connectivity index (χ3v) is 5.59. The highest BCUT2D eigenvalue weighted by Gasteiger charge is 2.44. The number of hydrogen-bond donors (Lipinski definition) is 1. The number of aromatic nitrogens is 1. The number of pyridine rings is 1. The molecule has 5 nitrogen and oxygen atoms in total. The van der Waals surface area contributed by atoms with Crippen molar-refractivity contribution in [3.63, 3.8) is 0 Å². The molecule has 2 saturated heterocycles. The Balaban J connectivity index is 1.62. The second-order valence-electron chi connectivity index (χ2n) is 7.12. The van der Waals surface area contributed by atoms with Gasteiger partial charge in [-0.25, -0.2) is 9.78 Å². The maximum absolute atomic E-state index is 12.9. The molecule has 5 heteroatoms. The van der Waals surface area contributed by atoms with Crippen LogP contribution < -0.4 is 0 Å². The van der Waals surface area contributed by atoms with Crippen molar-refractivity contribution in [2.75, 3.05) is 6.54 Å². The molecule has 1 N–H and O–H groups in total. The van der Waals surface area contributed by atoms with Gasteiger partial charge in [0, 0.05) is 24.3 Å². The monoisotopic (exact) mass is 300 g/mol. The molecule has 2 saturated carbocycles. The third kappa shape index (κ3) is 2.28. The van der Waals surface area contributed by atoms with Gasteiger partial charge in [0.1, 0.15) is 5.69 Å². The van der Waals surface area contributed by atoms with Crippen molar-refractivity contribution in [2.24, 2.45) is 17.8 Å². The number of carboxylic acids is 1. The molecule has 1 amide bonds. The number of amides is 1. The fourth-order valence-corrected chi connectivity index (χ4v) is 4.88. The van der Waals surface area contributed by atoms with E-state index in [1.165, 1.54) is 31.5 Å². The minimum Gasteiger partial charge on any atom is -0.477 e. The fourth-order valence-electron chi connectivity index (χ4n) is 4.88. The van der Waals surface area contributed by atoms with Gasteiger partial charge in [0.2, 0.25) is 0 Å². The van der Waals surface area contributed by atoms with Crippen LogP contribution in [-0.4, -0.2) is 39.5 Å². The standard InChI is InChI=1S/C17H20N2O3/c20-16(13-1-2-18-15(8-13)17(21)22)19-9-12-4-10-3-11(5-12)7-14(19)6-10/h1-2,8,10-12,14H,3-7,9H2,(H,21,22). The summed E-state index contributed by atoms with van der Waals surface area (Å²) in [6, 6.07) is 3.37. The molecule has 116 valence electrons. The number of carbonyl (C=O) groups excluding carboxylic acids is 1. The summed E-state index contributed by atoms with van der Waals surface area (Å²) in [5.41, 5.74) is 0.389. The van der Waals surface area contributed by atoms with E-state index in [0.717, 1.165) is 31.2 Å². The summed E-state index contributed by atoms with van der Waals surface area (Å²) in [5, 5.41) is 9.05. The lowest BCUT2D eigenvalue weighted by molar-refractivity contribution is 0.0632. The van der Waals surface area contributed by atoms with E-state index < -0.39 is 5.97 Å². The Morgan fingerprint density at radius 1 is 1.09 bits per heavy atom. The molecule has 2 atom stereocenters. The molecule has 4 fully saturated rings. The van der Waals surface area contributed by atoms with Crippen molar-refractivity contribution in [3.05, 3.63) is 29.6 Å². The van der Waals surface area contributed by atoms with Crippen molar-refractivity contribution < 1.29 is 14.7 Å². The summed E-state index contributed by atoms with van der Waals surface area (Å²) in [6.45, 7) is 0.835. The van der Waals surface area contributed by atoms with Crippen molar-refractivity contribution in [1.82, 2.24) is 9.88 Å². The number of carbonyl (C=O) groups is 2. The Bertz CT molecular complexity index is 616. The number of fused-ring (bicyclic) bond motifs is 1. The second kappa shape index (κ2) is 5.07. The van der Waals surface area contributed by atoms with Gasteiger partial charge < -0.3 is 10.0 Å².